The van der Waals surface area contributed by atoms with Crippen LogP contribution in [0.2, 0.25) is 0 Å². The van der Waals surface area contributed by atoms with E-state index in [0.717, 1.165) is 61.8 Å². The summed E-state index contributed by atoms with van der Waals surface area (Å²) >= 11 is 1.31. The van der Waals surface area contributed by atoms with E-state index in [9.17, 15) is 19.7 Å². The maximum Gasteiger partial charge on any atom is 0.325 e. The lowest BCUT2D eigenvalue weighted by molar-refractivity contribution is -0.384. The highest BCUT2D eigenvalue weighted by molar-refractivity contribution is 7.16. The minimum atomic E-state index is -0.598. The number of nitro groups is 1. The number of nitro benzene ring substituents is 1. The number of carbonyl (C=O) groups is 2. The molecule has 0 N–H and O–H groups in total. The summed E-state index contributed by atoms with van der Waals surface area (Å²) in [6.45, 7) is 3.56. The molecule has 1 aliphatic heterocycles. The fraction of sp³-hybridized carbons (Fsp3) is 0.423. The van der Waals surface area contributed by atoms with Gasteiger partial charge in [-0.15, -0.1) is 0 Å². The molecule has 1 fully saturated rings. The molecule has 0 radical (unpaired) electrons. The molecule has 0 bridgehead atoms. The van der Waals surface area contributed by atoms with Gasteiger partial charge >= 0.3 is 5.97 Å². The monoisotopic (exact) mass is 510 g/mol. The first-order valence-corrected chi connectivity index (χ1v) is 13.0. The lowest BCUT2D eigenvalue weighted by Crippen LogP contribution is -2.30. The molecule has 0 atom stereocenters. The third kappa shape index (κ3) is 5.64. The molecule has 0 saturated carbocycles. The van der Waals surface area contributed by atoms with Crippen LogP contribution >= 0.6 is 11.3 Å². The fourth-order valence-corrected chi connectivity index (χ4v) is 5.53. The molecule has 0 spiro atoms. The Morgan fingerprint density at radius 1 is 1.14 bits per heavy atom. The van der Waals surface area contributed by atoms with E-state index in [4.69, 9.17) is 4.74 Å². The second-order valence-corrected chi connectivity index (χ2v) is 9.89. The number of esters is 1. The SMILES string of the molecule is CCCCc1ccc2c(c1)sc(=NC(=O)c1ccc(N3CCCCC3)c([N+](=O)[O-])c1)n2CC(=O)OC. The Labute approximate surface area is 213 Å². The number of ether oxygens (including phenoxy) is 1. The van der Waals surface area contributed by atoms with Gasteiger partial charge in [-0.2, -0.15) is 4.99 Å². The fourth-order valence-electron chi connectivity index (χ4n) is 4.44. The van der Waals surface area contributed by atoms with Crippen LogP contribution in [0.4, 0.5) is 11.4 Å². The Balaban J connectivity index is 1.74. The molecular formula is C26H30N4O5S. The van der Waals surface area contributed by atoms with Crippen molar-refractivity contribution in [1.29, 1.82) is 0 Å². The maximum atomic E-state index is 13.1. The number of hydrogen-bond donors (Lipinski definition) is 0. The summed E-state index contributed by atoms with van der Waals surface area (Å²) in [5.74, 6) is -1.06. The minimum Gasteiger partial charge on any atom is -0.468 e. The second kappa shape index (κ2) is 11.5. The van der Waals surface area contributed by atoms with E-state index in [1.807, 2.05) is 17.0 Å². The Morgan fingerprint density at radius 3 is 2.61 bits per heavy atom. The number of thiazole rings is 1. The molecule has 0 aliphatic carbocycles. The van der Waals surface area contributed by atoms with E-state index in [0.29, 0.717) is 10.5 Å². The second-order valence-electron chi connectivity index (χ2n) is 8.88. The highest BCUT2D eigenvalue weighted by atomic mass is 32.1. The number of hydrogen-bond acceptors (Lipinski definition) is 7. The van der Waals surface area contributed by atoms with Gasteiger partial charge in [0.05, 0.1) is 22.2 Å². The van der Waals surface area contributed by atoms with Crippen LogP contribution in [0.3, 0.4) is 0 Å². The number of rotatable bonds is 8. The Kier molecular flexibility index (Phi) is 8.14. The first-order valence-electron chi connectivity index (χ1n) is 12.2. The molecule has 3 aromatic rings. The molecule has 1 aromatic heterocycles. The summed E-state index contributed by atoms with van der Waals surface area (Å²) < 4.78 is 7.41. The summed E-state index contributed by atoms with van der Waals surface area (Å²) in [6.07, 6.45) is 6.18. The molecule has 1 amide bonds. The number of carbonyl (C=O) groups excluding carboxylic acids is 2. The van der Waals surface area contributed by atoms with E-state index >= 15 is 0 Å². The topological polar surface area (TPSA) is 107 Å². The quantitative estimate of drug-likeness (QED) is 0.243. The number of unbranched alkanes of at least 4 members (excludes halogenated alkanes) is 1. The summed E-state index contributed by atoms with van der Waals surface area (Å²) in [5, 5.41) is 11.8. The molecular weight excluding hydrogens is 480 g/mol. The summed E-state index contributed by atoms with van der Waals surface area (Å²) in [5.41, 5.74) is 2.52. The predicted molar refractivity (Wildman–Crippen MR) is 139 cm³/mol. The molecule has 1 aliphatic rings. The number of fused-ring (bicyclic) bond motifs is 1. The molecule has 2 aromatic carbocycles. The lowest BCUT2D eigenvalue weighted by atomic mass is 10.1. The van der Waals surface area contributed by atoms with Crippen LogP contribution in [-0.2, 0) is 22.5 Å². The van der Waals surface area contributed by atoms with Gasteiger partial charge in [0.15, 0.2) is 4.80 Å². The van der Waals surface area contributed by atoms with Crippen LogP contribution < -0.4 is 9.70 Å². The van der Waals surface area contributed by atoms with Gasteiger partial charge in [-0.05, 0) is 61.9 Å². The van der Waals surface area contributed by atoms with Crippen LogP contribution in [0.5, 0.6) is 0 Å². The van der Waals surface area contributed by atoms with Crippen molar-refractivity contribution >= 4 is 44.8 Å². The zero-order valence-electron chi connectivity index (χ0n) is 20.6. The number of nitrogens with zero attached hydrogens (tertiary/aromatic N) is 4. The lowest BCUT2D eigenvalue weighted by Gasteiger charge is -2.28. The van der Waals surface area contributed by atoms with Gasteiger partial charge in [0.2, 0.25) is 0 Å². The Bertz CT molecular complexity index is 1350. The summed E-state index contributed by atoms with van der Waals surface area (Å²) in [4.78, 5) is 43.2. The maximum absolute atomic E-state index is 13.1. The molecule has 2 heterocycles. The normalized spacial score (nSPS) is 14.3. The van der Waals surface area contributed by atoms with Crippen LogP contribution in [0.15, 0.2) is 41.4 Å². The van der Waals surface area contributed by atoms with Crippen LogP contribution in [0.1, 0.15) is 54.9 Å². The molecule has 10 heteroatoms. The molecule has 4 rings (SSSR count). The smallest absolute Gasteiger partial charge is 0.325 e. The average Bonchev–Trinajstić information content (AvgIpc) is 3.22. The Hall–Kier alpha value is -3.53. The van der Waals surface area contributed by atoms with Crippen LogP contribution in [0, 0.1) is 10.1 Å². The van der Waals surface area contributed by atoms with Crippen molar-refractivity contribution in [2.75, 3.05) is 25.1 Å². The van der Waals surface area contributed by atoms with Crippen molar-refractivity contribution in [3.8, 4) is 0 Å². The van der Waals surface area contributed by atoms with Gasteiger partial charge in [0.25, 0.3) is 11.6 Å². The predicted octanol–water partition coefficient (Wildman–Crippen LogP) is 4.86. The van der Waals surface area contributed by atoms with Gasteiger partial charge in [0, 0.05) is 24.7 Å². The van der Waals surface area contributed by atoms with Crippen molar-refractivity contribution < 1.29 is 19.2 Å². The number of anilines is 1. The van der Waals surface area contributed by atoms with E-state index in [2.05, 4.69) is 18.0 Å². The van der Waals surface area contributed by atoms with Gasteiger partial charge in [-0.25, -0.2) is 0 Å². The molecule has 1 saturated heterocycles. The number of aromatic nitrogens is 1. The van der Waals surface area contributed by atoms with E-state index < -0.39 is 16.8 Å². The van der Waals surface area contributed by atoms with E-state index in [1.54, 1.807) is 16.7 Å². The summed E-state index contributed by atoms with van der Waals surface area (Å²) in [7, 11) is 1.31. The van der Waals surface area contributed by atoms with Crippen LogP contribution in [0.25, 0.3) is 10.2 Å². The number of benzene rings is 2. The minimum absolute atomic E-state index is 0.0923. The Morgan fingerprint density at radius 2 is 1.92 bits per heavy atom. The molecule has 36 heavy (non-hydrogen) atoms. The zero-order chi connectivity index (χ0) is 25.7. The van der Waals surface area contributed by atoms with Crippen molar-refractivity contribution in [1.82, 2.24) is 4.57 Å². The van der Waals surface area contributed by atoms with Gasteiger partial charge < -0.3 is 14.2 Å². The molecule has 0 unspecified atom stereocenters. The average molecular weight is 511 g/mol. The standard InChI is InChI=1S/C26H30N4O5S/c1-3-4-8-18-9-11-21-23(15-18)36-26(29(21)17-24(31)35-2)27-25(32)19-10-12-20(22(16-19)30(33)34)28-13-6-5-7-14-28/h9-12,15-16H,3-8,13-14,17H2,1-2H3. The number of aryl methyl sites for hydroxylation is 1. The third-order valence-corrected chi connectivity index (χ3v) is 7.44. The number of methoxy groups -OCH3 is 1. The first kappa shape index (κ1) is 25.6. The highest BCUT2D eigenvalue weighted by Gasteiger charge is 2.23. The number of amides is 1. The highest BCUT2D eigenvalue weighted by Crippen LogP contribution is 2.31. The first-order chi connectivity index (χ1) is 17.4. The summed E-state index contributed by atoms with van der Waals surface area (Å²) in [6, 6.07) is 10.5. The van der Waals surface area contributed by atoms with Crippen LogP contribution in [-0.4, -0.2) is 41.6 Å². The third-order valence-electron chi connectivity index (χ3n) is 6.39. The van der Waals surface area contributed by atoms with Gasteiger partial charge in [0.1, 0.15) is 12.2 Å². The molecule has 190 valence electrons. The molecule has 9 nitrogen and oxygen atoms in total. The van der Waals surface area contributed by atoms with Crippen molar-refractivity contribution in [2.45, 2.75) is 52.0 Å². The van der Waals surface area contributed by atoms with E-state index in [-0.39, 0.29) is 17.8 Å². The van der Waals surface area contributed by atoms with E-state index in [1.165, 1.54) is 30.1 Å². The van der Waals surface area contributed by atoms with Crippen molar-refractivity contribution in [2.24, 2.45) is 4.99 Å². The largest absolute Gasteiger partial charge is 0.468 e. The van der Waals surface area contributed by atoms with Gasteiger partial charge in [-0.1, -0.05) is 30.7 Å². The van der Waals surface area contributed by atoms with Crippen molar-refractivity contribution in [3.05, 3.63) is 62.4 Å². The van der Waals surface area contributed by atoms with Crippen molar-refractivity contribution in [3.63, 3.8) is 0 Å². The number of piperidine rings is 1. The zero-order valence-corrected chi connectivity index (χ0v) is 21.4. The van der Waals surface area contributed by atoms with Gasteiger partial charge in [-0.3, -0.25) is 19.7 Å².